The Morgan fingerprint density at radius 1 is 1.00 bits per heavy atom. The van der Waals surface area contributed by atoms with Gasteiger partial charge in [0.15, 0.2) is 0 Å². The van der Waals surface area contributed by atoms with Crippen LogP contribution in [0.4, 0.5) is 5.69 Å². The van der Waals surface area contributed by atoms with E-state index in [4.69, 9.17) is 16.3 Å². The van der Waals surface area contributed by atoms with Crippen molar-refractivity contribution in [2.45, 2.75) is 6.61 Å². The molecular formula is C21H15ClNO3-. The summed E-state index contributed by atoms with van der Waals surface area (Å²) in [6.07, 6.45) is 1.68. The van der Waals surface area contributed by atoms with Gasteiger partial charge < -0.3 is 14.6 Å². The summed E-state index contributed by atoms with van der Waals surface area (Å²) >= 11 is 6.15. The van der Waals surface area contributed by atoms with Crippen LogP contribution in [0, 0.1) is 0 Å². The van der Waals surface area contributed by atoms with Crippen molar-refractivity contribution in [3.05, 3.63) is 94.5 Å². The average Bonchev–Trinajstić information content (AvgIpc) is 2.66. The van der Waals surface area contributed by atoms with Gasteiger partial charge in [0.25, 0.3) is 0 Å². The van der Waals surface area contributed by atoms with Gasteiger partial charge >= 0.3 is 0 Å². The lowest BCUT2D eigenvalue weighted by molar-refractivity contribution is -0.255. The van der Waals surface area contributed by atoms with E-state index >= 15 is 0 Å². The fourth-order valence-electron chi connectivity index (χ4n) is 2.32. The molecule has 0 aliphatic rings. The normalized spacial score (nSPS) is 10.8. The molecule has 0 bridgehead atoms. The smallest absolute Gasteiger partial charge is 0.128 e. The fourth-order valence-corrected chi connectivity index (χ4v) is 2.51. The second-order valence-corrected chi connectivity index (χ2v) is 5.92. The van der Waals surface area contributed by atoms with Gasteiger partial charge in [0.2, 0.25) is 0 Å². The summed E-state index contributed by atoms with van der Waals surface area (Å²) in [5, 5.41) is 11.4. The summed E-state index contributed by atoms with van der Waals surface area (Å²) in [7, 11) is 0. The number of hydrogen-bond acceptors (Lipinski definition) is 4. The van der Waals surface area contributed by atoms with Crippen molar-refractivity contribution in [3.63, 3.8) is 0 Å². The van der Waals surface area contributed by atoms with Crippen LogP contribution in [0.3, 0.4) is 0 Å². The number of rotatable bonds is 6. The predicted octanol–water partition coefficient (Wildman–Crippen LogP) is 4.03. The number of halogens is 1. The van der Waals surface area contributed by atoms with Crippen LogP contribution < -0.4 is 9.84 Å². The highest BCUT2D eigenvalue weighted by Crippen LogP contribution is 2.22. The molecule has 0 radical (unpaired) electrons. The fraction of sp³-hybridized carbons (Fsp3) is 0.0476. The Bertz CT molecular complexity index is 936. The molecular weight excluding hydrogens is 350 g/mol. The molecule has 3 rings (SSSR count). The van der Waals surface area contributed by atoms with Crippen LogP contribution in [-0.2, 0) is 6.61 Å². The number of aromatic carboxylic acids is 1. The molecule has 5 heteroatoms. The first-order chi connectivity index (χ1) is 12.6. The third kappa shape index (κ3) is 4.49. The van der Waals surface area contributed by atoms with E-state index in [0.29, 0.717) is 23.1 Å². The molecule has 0 fully saturated rings. The topological polar surface area (TPSA) is 61.7 Å². The number of carboxylic acid groups (broad SMARTS) is 1. The first-order valence-electron chi connectivity index (χ1n) is 7.94. The number of carbonyl (C=O) groups is 1. The number of carbonyl (C=O) groups excluding carboxylic acids is 1. The lowest BCUT2D eigenvalue weighted by Crippen LogP contribution is -2.21. The Morgan fingerprint density at radius 3 is 2.42 bits per heavy atom. The molecule has 0 heterocycles. The van der Waals surface area contributed by atoms with E-state index in [1.807, 2.05) is 48.5 Å². The van der Waals surface area contributed by atoms with Gasteiger partial charge in [-0.05, 0) is 35.9 Å². The maximum atomic E-state index is 10.8. The summed E-state index contributed by atoms with van der Waals surface area (Å²) < 4.78 is 5.88. The van der Waals surface area contributed by atoms with Crippen molar-refractivity contribution in [2.24, 2.45) is 4.99 Å². The highest BCUT2D eigenvalue weighted by Gasteiger charge is 2.04. The molecule has 0 atom stereocenters. The lowest BCUT2D eigenvalue weighted by Gasteiger charge is -2.10. The van der Waals surface area contributed by atoms with Gasteiger partial charge in [-0.1, -0.05) is 54.1 Å². The van der Waals surface area contributed by atoms with Gasteiger partial charge in [0.1, 0.15) is 12.4 Å². The Labute approximate surface area is 156 Å². The molecule has 0 amide bonds. The first kappa shape index (κ1) is 17.7. The SMILES string of the molecule is O=C([O-])c1ccc(N=Cc2ccccc2OCc2ccccc2Cl)cc1. The minimum absolute atomic E-state index is 0.118. The lowest BCUT2D eigenvalue weighted by atomic mass is 10.2. The Kier molecular flexibility index (Phi) is 5.66. The molecule has 0 saturated heterocycles. The van der Waals surface area contributed by atoms with Crippen LogP contribution in [0.1, 0.15) is 21.5 Å². The number of ether oxygens (including phenoxy) is 1. The molecule has 0 aliphatic carbocycles. The molecule has 0 N–H and O–H groups in total. The summed E-state index contributed by atoms with van der Waals surface area (Å²) in [4.78, 5) is 15.1. The predicted molar refractivity (Wildman–Crippen MR) is 100 cm³/mol. The molecule has 0 spiro atoms. The van der Waals surface area contributed by atoms with E-state index in [1.165, 1.54) is 12.1 Å². The van der Waals surface area contributed by atoms with E-state index in [0.717, 1.165) is 11.1 Å². The van der Waals surface area contributed by atoms with Gasteiger partial charge in [-0.2, -0.15) is 0 Å². The number of para-hydroxylation sites is 1. The third-order valence-corrected chi connectivity index (χ3v) is 4.08. The third-order valence-electron chi connectivity index (χ3n) is 3.72. The van der Waals surface area contributed by atoms with Crippen LogP contribution in [0.5, 0.6) is 5.75 Å². The number of nitrogens with zero attached hydrogens (tertiary/aromatic N) is 1. The monoisotopic (exact) mass is 364 g/mol. The standard InChI is InChI=1S/C21H16ClNO3/c22-19-7-3-1-6-17(19)14-26-20-8-4-2-5-16(20)13-23-18-11-9-15(10-12-18)21(24)25/h1-13H,14H2,(H,24,25)/p-1. The van der Waals surface area contributed by atoms with Crippen molar-refractivity contribution >= 4 is 29.5 Å². The van der Waals surface area contributed by atoms with Gasteiger partial charge in [-0.3, -0.25) is 4.99 Å². The van der Waals surface area contributed by atoms with Gasteiger partial charge in [-0.25, -0.2) is 0 Å². The Morgan fingerprint density at radius 2 is 1.69 bits per heavy atom. The second-order valence-electron chi connectivity index (χ2n) is 5.51. The average molecular weight is 365 g/mol. The van der Waals surface area contributed by atoms with Crippen LogP contribution in [0.25, 0.3) is 0 Å². The van der Waals surface area contributed by atoms with Crippen molar-refractivity contribution in [1.82, 2.24) is 0 Å². The highest BCUT2D eigenvalue weighted by molar-refractivity contribution is 6.31. The number of benzene rings is 3. The Hall–Kier alpha value is -3.11. The van der Waals surface area contributed by atoms with Crippen molar-refractivity contribution in [2.75, 3.05) is 0 Å². The van der Waals surface area contributed by atoms with Gasteiger partial charge in [0.05, 0.1) is 11.7 Å². The highest BCUT2D eigenvalue weighted by atomic mass is 35.5. The molecule has 0 unspecified atom stereocenters. The minimum Gasteiger partial charge on any atom is -0.545 e. The maximum Gasteiger partial charge on any atom is 0.128 e. The molecule has 3 aromatic carbocycles. The molecule has 0 aliphatic heterocycles. The number of aliphatic imine (C=N–C) groups is 1. The summed E-state index contributed by atoms with van der Waals surface area (Å²) in [6, 6.07) is 21.2. The molecule has 0 aromatic heterocycles. The Balaban J connectivity index is 1.74. The number of hydrogen-bond donors (Lipinski definition) is 0. The van der Waals surface area contributed by atoms with E-state index in [9.17, 15) is 9.90 Å². The molecule has 26 heavy (non-hydrogen) atoms. The second kappa shape index (κ2) is 8.32. The molecule has 0 saturated carbocycles. The number of carboxylic acids is 1. The van der Waals surface area contributed by atoms with Crippen LogP contribution in [0.15, 0.2) is 77.8 Å². The van der Waals surface area contributed by atoms with E-state index in [1.54, 1.807) is 18.3 Å². The van der Waals surface area contributed by atoms with Crippen LogP contribution >= 0.6 is 11.6 Å². The minimum atomic E-state index is -1.21. The van der Waals surface area contributed by atoms with Crippen LogP contribution in [0.2, 0.25) is 5.02 Å². The summed E-state index contributed by atoms with van der Waals surface area (Å²) in [5.74, 6) is -0.527. The van der Waals surface area contributed by atoms with Crippen molar-refractivity contribution in [3.8, 4) is 5.75 Å². The van der Waals surface area contributed by atoms with Crippen LogP contribution in [-0.4, -0.2) is 12.2 Å². The van der Waals surface area contributed by atoms with Gasteiger partial charge in [-0.15, -0.1) is 0 Å². The van der Waals surface area contributed by atoms with Gasteiger partial charge in [0, 0.05) is 22.4 Å². The summed E-state index contributed by atoms with van der Waals surface area (Å²) in [5.41, 5.74) is 2.46. The first-order valence-corrected chi connectivity index (χ1v) is 8.32. The van der Waals surface area contributed by atoms with Crippen molar-refractivity contribution in [1.29, 1.82) is 0 Å². The zero-order chi connectivity index (χ0) is 18.4. The zero-order valence-electron chi connectivity index (χ0n) is 13.8. The summed E-state index contributed by atoms with van der Waals surface area (Å²) in [6.45, 7) is 0.352. The van der Waals surface area contributed by atoms with E-state index in [-0.39, 0.29) is 5.56 Å². The van der Waals surface area contributed by atoms with E-state index < -0.39 is 5.97 Å². The quantitative estimate of drug-likeness (QED) is 0.620. The van der Waals surface area contributed by atoms with E-state index in [2.05, 4.69) is 4.99 Å². The molecule has 130 valence electrons. The zero-order valence-corrected chi connectivity index (χ0v) is 14.5. The molecule has 4 nitrogen and oxygen atoms in total. The maximum absolute atomic E-state index is 10.8. The largest absolute Gasteiger partial charge is 0.545 e. The molecule has 3 aromatic rings. The van der Waals surface area contributed by atoms with Crippen molar-refractivity contribution < 1.29 is 14.6 Å².